The molecule has 0 fully saturated rings. The Bertz CT molecular complexity index is 641. The number of amides is 1. The summed E-state index contributed by atoms with van der Waals surface area (Å²) in [4.78, 5) is 15.8. The van der Waals surface area contributed by atoms with Crippen molar-refractivity contribution in [2.45, 2.75) is 37.8 Å². The van der Waals surface area contributed by atoms with Gasteiger partial charge in [0, 0.05) is 6.42 Å². The molecule has 116 valence electrons. The Balaban J connectivity index is 1.58. The van der Waals surface area contributed by atoms with E-state index in [9.17, 15) is 9.90 Å². The zero-order valence-corrected chi connectivity index (χ0v) is 12.4. The van der Waals surface area contributed by atoms with Gasteiger partial charge in [-0.2, -0.15) is 5.10 Å². The molecule has 1 aliphatic carbocycles. The SMILES string of the molecule is O=C(CCn1cncn1)NCC1(O)CCCc2ccccc21. The van der Waals surface area contributed by atoms with Crippen LogP contribution >= 0.6 is 0 Å². The first-order valence-electron chi connectivity index (χ1n) is 7.57. The third-order valence-corrected chi connectivity index (χ3v) is 4.17. The fourth-order valence-corrected chi connectivity index (χ4v) is 2.98. The first kappa shape index (κ1) is 14.7. The van der Waals surface area contributed by atoms with Gasteiger partial charge in [0.05, 0.1) is 13.1 Å². The summed E-state index contributed by atoms with van der Waals surface area (Å²) < 4.78 is 1.62. The predicted octanol–water partition coefficient (Wildman–Crippen LogP) is 1.01. The third-order valence-electron chi connectivity index (χ3n) is 4.17. The Morgan fingerprint density at radius 2 is 2.27 bits per heavy atom. The average Bonchev–Trinajstić information content (AvgIpc) is 3.05. The highest BCUT2D eigenvalue weighted by Crippen LogP contribution is 2.34. The molecule has 22 heavy (non-hydrogen) atoms. The highest BCUT2D eigenvalue weighted by atomic mass is 16.3. The van der Waals surface area contributed by atoms with E-state index >= 15 is 0 Å². The number of aromatic nitrogens is 3. The molecule has 1 aromatic heterocycles. The number of hydrogen-bond acceptors (Lipinski definition) is 4. The molecule has 1 unspecified atom stereocenters. The van der Waals surface area contributed by atoms with Crippen molar-refractivity contribution in [1.29, 1.82) is 0 Å². The van der Waals surface area contributed by atoms with Crippen LogP contribution in [0.3, 0.4) is 0 Å². The van der Waals surface area contributed by atoms with E-state index in [0.717, 1.165) is 18.4 Å². The molecular formula is C16H20N4O2. The summed E-state index contributed by atoms with van der Waals surface area (Å²) >= 11 is 0. The van der Waals surface area contributed by atoms with E-state index in [0.29, 0.717) is 19.4 Å². The maximum Gasteiger partial charge on any atom is 0.221 e. The number of carbonyl (C=O) groups excluding carboxylic acids is 1. The first-order valence-corrected chi connectivity index (χ1v) is 7.57. The monoisotopic (exact) mass is 300 g/mol. The minimum absolute atomic E-state index is 0.0908. The summed E-state index contributed by atoms with van der Waals surface area (Å²) in [5.74, 6) is -0.0908. The molecule has 1 atom stereocenters. The predicted molar refractivity (Wildman–Crippen MR) is 80.9 cm³/mol. The molecule has 6 nitrogen and oxygen atoms in total. The molecule has 0 radical (unpaired) electrons. The maximum atomic E-state index is 12.0. The minimum atomic E-state index is -0.961. The Morgan fingerprint density at radius 1 is 1.41 bits per heavy atom. The lowest BCUT2D eigenvalue weighted by Crippen LogP contribution is -2.43. The van der Waals surface area contributed by atoms with Crippen LogP contribution < -0.4 is 5.32 Å². The molecule has 6 heteroatoms. The van der Waals surface area contributed by atoms with Gasteiger partial charge >= 0.3 is 0 Å². The van der Waals surface area contributed by atoms with Crippen LogP contribution in [0.5, 0.6) is 0 Å². The molecule has 3 rings (SSSR count). The molecular weight excluding hydrogens is 280 g/mol. The lowest BCUT2D eigenvalue weighted by atomic mass is 9.79. The zero-order chi connectivity index (χ0) is 15.4. The Kier molecular flexibility index (Phi) is 4.20. The summed E-state index contributed by atoms with van der Waals surface area (Å²) in [5.41, 5.74) is 1.16. The average molecular weight is 300 g/mol. The van der Waals surface area contributed by atoms with Crippen molar-refractivity contribution in [2.24, 2.45) is 0 Å². The van der Waals surface area contributed by atoms with E-state index in [1.54, 1.807) is 11.0 Å². The van der Waals surface area contributed by atoms with Crippen molar-refractivity contribution in [1.82, 2.24) is 20.1 Å². The standard InChI is InChI=1S/C16H20N4O2/c21-15(7-9-20-12-17-11-19-20)18-10-16(22)8-3-5-13-4-1-2-6-14(13)16/h1-2,4,6,11-12,22H,3,5,7-10H2,(H,18,21). The highest BCUT2D eigenvalue weighted by Gasteiger charge is 2.34. The number of aryl methyl sites for hydroxylation is 2. The van der Waals surface area contributed by atoms with Crippen LogP contribution in [0.25, 0.3) is 0 Å². The molecule has 2 N–H and O–H groups in total. The molecule has 0 saturated heterocycles. The summed E-state index contributed by atoms with van der Waals surface area (Å²) in [6.07, 6.45) is 5.94. The van der Waals surface area contributed by atoms with Crippen LogP contribution in [0.15, 0.2) is 36.9 Å². The second kappa shape index (κ2) is 6.27. The van der Waals surface area contributed by atoms with Gasteiger partial charge in [0.2, 0.25) is 5.91 Å². The van der Waals surface area contributed by atoms with Crippen molar-refractivity contribution in [3.05, 3.63) is 48.0 Å². The fourth-order valence-electron chi connectivity index (χ4n) is 2.98. The molecule has 0 aliphatic heterocycles. The van der Waals surface area contributed by atoms with Crippen molar-refractivity contribution in [2.75, 3.05) is 6.54 Å². The topological polar surface area (TPSA) is 80.0 Å². The summed E-state index contributed by atoms with van der Waals surface area (Å²) in [5, 5.41) is 17.7. The van der Waals surface area contributed by atoms with Gasteiger partial charge in [0.25, 0.3) is 0 Å². The Morgan fingerprint density at radius 3 is 3.09 bits per heavy atom. The van der Waals surface area contributed by atoms with E-state index in [4.69, 9.17) is 0 Å². The van der Waals surface area contributed by atoms with E-state index in [2.05, 4.69) is 15.4 Å². The molecule has 1 aliphatic rings. The van der Waals surface area contributed by atoms with E-state index < -0.39 is 5.60 Å². The van der Waals surface area contributed by atoms with E-state index in [1.165, 1.54) is 11.9 Å². The lowest BCUT2D eigenvalue weighted by molar-refractivity contribution is -0.122. The number of fused-ring (bicyclic) bond motifs is 1. The zero-order valence-electron chi connectivity index (χ0n) is 12.4. The van der Waals surface area contributed by atoms with Crippen molar-refractivity contribution in [3.8, 4) is 0 Å². The van der Waals surface area contributed by atoms with Crippen LogP contribution in [-0.2, 0) is 23.4 Å². The van der Waals surface area contributed by atoms with Gasteiger partial charge in [0.15, 0.2) is 0 Å². The number of nitrogens with zero attached hydrogens (tertiary/aromatic N) is 3. The van der Waals surface area contributed by atoms with Crippen molar-refractivity contribution in [3.63, 3.8) is 0 Å². The van der Waals surface area contributed by atoms with Gasteiger partial charge in [-0.25, -0.2) is 4.98 Å². The molecule has 2 aromatic rings. The van der Waals surface area contributed by atoms with Crippen molar-refractivity contribution < 1.29 is 9.90 Å². The number of carbonyl (C=O) groups is 1. The molecule has 1 heterocycles. The van der Waals surface area contributed by atoms with Crippen LogP contribution in [0.1, 0.15) is 30.4 Å². The Labute approximate surface area is 129 Å². The number of benzene rings is 1. The quantitative estimate of drug-likeness (QED) is 0.863. The number of hydrogen-bond donors (Lipinski definition) is 2. The molecule has 1 aromatic carbocycles. The lowest BCUT2D eigenvalue weighted by Gasteiger charge is -2.34. The van der Waals surface area contributed by atoms with Crippen LogP contribution in [0.4, 0.5) is 0 Å². The van der Waals surface area contributed by atoms with Gasteiger partial charge in [0.1, 0.15) is 18.3 Å². The number of aliphatic hydroxyl groups is 1. The summed E-state index contributed by atoms with van der Waals surface area (Å²) in [7, 11) is 0. The normalized spacial score (nSPS) is 20.4. The smallest absolute Gasteiger partial charge is 0.221 e. The number of nitrogens with one attached hydrogen (secondary N) is 1. The number of rotatable bonds is 5. The molecule has 0 spiro atoms. The second-order valence-corrected chi connectivity index (χ2v) is 5.73. The second-order valence-electron chi connectivity index (χ2n) is 5.73. The third kappa shape index (κ3) is 3.17. The molecule has 0 saturated carbocycles. The first-order chi connectivity index (χ1) is 10.7. The highest BCUT2D eigenvalue weighted by molar-refractivity contribution is 5.75. The summed E-state index contributed by atoms with van der Waals surface area (Å²) in [6, 6.07) is 7.92. The van der Waals surface area contributed by atoms with Crippen LogP contribution in [-0.4, -0.2) is 32.3 Å². The van der Waals surface area contributed by atoms with Gasteiger partial charge < -0.3 is 10.4 Å². The molecule has 0 bridgehead atoms. The Hall–Kier alpha value is -2.21. The van der Waals surface area contributed by atoms with Gasteiger partial charge in [-0.05, 0) is 30.4 Å². The largest absolute Gasteiger partial charge is 0.383 e. The van der Waals surface area contributed by atoms with Crippen molar-refractivity contribution >= 4 is 5.91 Å². The molecule has 1 amide bonds. The fraction of sp³-hybridized carbons (Fsp3) is 0.438. The maximum absolute atomic E-state index is 12.0. The van der Waals surface area contributed by atoms with Crippen LogP contribution in [0, 0.1) is 0 Å². The van der Waals surface area contributed by atoms with Gasteiger partial charge in [-0.3, -0.25) is 9.48 Å². The van der Waals surface area contributed by atoms with E-state index in [-0.39, 0.29) is 12.5 Å². The summed E-state index contributed by atoms with van der Waals surface area (Å²) in [6.45, 7) is 0.737. The van der Waals surface area contributed by atoms with Gasteiger partial charge in [-0.1, -0.05) is 24.3 Å². The van der Waals surface area contributed by atoms with E-state index in [1.807, 2.05) is 24.3 Å². The van der Waals surface area contributed by atoms with Crippen LogP contribution in [0.2, 0.25) is 0 Å². The van der Waals surface area contributed by atoms with Gasteiger partial charge in [-0.15, -0.1) is 0 Å². The minimum Gasteiger partial charge on any atom is -0.383 e.